The van der Waals surface area contributed by atoms with Crippen LogP contribution < -0.4 is 4.74 Å². The Hall–Kier alpha value is -1.54. The molecule has 4 atom stereocenters. The van der Waals surface area contributed by atoms with Crippen LogP contribution in [0.3, 0.4) is 0 Å². The summed E-state index contributed by atoms with van der Waals surface area (Å²) in [5, 5.41) is -5.05. The number of rotatable bonds is 3. The molecule has 0 amide bonds. The highest BCUT2D eigenvalue weighted by Crippen LogP contribution is 2.56. The zero-order valence-corrected chi connectivity index (χ0v) is 16.9. The molecule has 1 N–H and O–H groups in total. The molecule has 1 spiro atoms. The monoisotopic (exact) mass is 530 g/mol. The van der Waals surface area contributed by atoms with Gasteiger partial charge in [0.15, 0.2) is 0 Å². The molecule has 1 heterocycles. The molecule has 0 saturated heterocycles. The molecule has 2 fully saturated rings. The van der Waals surface area contributed by atoms with E-state index in [4.69, 9.17) is 14.0 Å². The van der Waals surface area contributed by atoms with Gasteiger partial charge in [-0.15, -0.1) is 0 Å². The summed E-state index contributed by atoms with van der Waals surface area (Å²) in [6.07, 6.45) is -0.423. The highest BCUT2D eigenvalue weighted by Gasteiger charge is 2.64. The van der Waals surface area contributed by atoms with Gasteiger partial charge in [-0.3, -0.25) is 4.55 Å². The summed E-state index contributed by atoms with van der Waals surface area (Å²) in [5.74, 6) is -4.66. The normalized spacial score (nSPS) is 31.3. The van der Waals surface area contributed by atoms with Gasteiger partial charge in [-0.25, -0.2) is 9.59 Å². The number of benzene rings is 1. The molecule has 0 radical (unpaired) electrons. The minimum absolute atomic E-state index is 0.0605. The zero-order chi connectivity index (χ0) is 20.5. The van der Waals surface area contributed by atoms with Crippen molar-refractivity contribution in [1.82, 2.24) is 0 Å². The standard InChI is InChI=1S/C16H13F2IO8S/c17-16(18,28(22,23)24)14(21)25-12-4-8-3-7(12)6-15(8)26-11-2-1-9(19)5-10(11)13(20)27-15/h1-2,5,7-8,12H,3-4,6H2,(H,22,23,24). The molecule has 4 unspecified atom stereocenters. The van der Waals surface area contributed by atoms with Crippen molar-refractivity contribution >= 4 is 44.6 Å². The Labute approximate surface area is 171 Å². The van der Waals surface area contributed by atoms with Crippen LogP contribution in [0.25, 0.3) is 0 Å². The van der Waals surface area contributed by atoms with Gasteiger partial charge in [0.05, 0.1) is 0 Å². The molecule has 1 aromatic carbocycles. The van der Waals surface area contributed by atoms with Crippen molar-refractivity contribution < 1.29 is 45.6 Å². The van der Waals surface area contributed by atoms with E-state index >= 15 is 0 Å². The maximum atomic E-state index is 13.4. The lowest BCUT2D eigenvalue weighted by atomic mass is 9.90. The third-order valence-electron chi connectivity index (χ3n) is 5.33. The summed E-state index contributed by atoms with van der Waals surface area (Å²) in [4.78, 5) is 23.9. The number of ether oxygens (including phenoxy) is 3. The molecule has 1 aromatic rings. The van der Waals surface area contributed by atoms with E-state index in [2.05, 4.69) is 4.74 Å². The van der Waals surface area contributed by atoms with Crippen molar-refractivity contribution in [2.45, 2.75) is 36.4 Å². The van der Waals surface area contributed by atoms with E-state index in [-0.39, 0.29) is 18.4 Å². The van der Waals surface area contributed by atoms with Crippen molar-refractivity contribution in [2.75, 3.05) is 0 Å². The summed E-state index contributed by atoms with van der Waals surface area (Å²) in [5.41, 5.74) is 0.288. The molecule has 152 valence electrons. The molecular formula is C16H13F2IO8S. The summed E-state index contributed by atoms with van der Waals surface area (Å²) >= 11 is 2.05. The zero-order valence-electron chi connectivity index (χ0n) is 13.9. The van der Waals surface area contributed by atoms with Crippen LogP contribution in [0, 0.1) is 15.4 Å². The quantitative estimate of drug-likeness (QED) is 0.360. The maximum Gasteiger partial charge on any atom is 0.465 e. The second kappa shape index (κ2) is 6.23. The average Bonchev–Trinajstić information content (AvgIpc) is 3.12. The van der Waals surface area contributed by atoms with Crippen molar-refractivity contribution in [1.29, 1.82) is 0 Å². The van der Waals surface area contributed by atoms with E-state index < -0.39 is 51.0 Å². The van der Waals surface area contributed by atoms with E-state index in [1.165, 1.54) is 0 Å². The van der Waals surface area contributed by atoms with Gasteiger partial charge in [0.25, 0.3) is 5.79 Å². The molecule has 8 nitrogen and oxygen atoms in total. The minimum atomic E-state index is -5.93. The van der Waals surface area contributed by atoms with Crippen LogP contribution in [0.2, 0.25) is 0 Å². The number of hydrogen-bond donors (Lipinski definition) is 1. The second-order valence-corrected chi connectivity index (χ2v) is 9.72. The van der Waals surface area contributed by atoms with Gasteiger partial charge >= 0.3 is 27.3 Å². The van der Waals surface area contributed by atoms with Crippen LogP contribution in [-0.4, -0.2) is 42.1 Å². The average molecular weight is 530 g/mol. The fourth-order valence-electron chi connectivity index (χ4n) is 4.07. The molecule has 28 heavy (non-hydrogen) atoms. The van der Waals surface area contributed by atoms with E-state index in [0.717, 1.165) is 3.57 Å². The molecule has 2 bridgehead atoms. The smallest absolute Gasteiger partial charge is 0.457 e. The number of carbonyl (C=O) groups is 2. The first-order chi connectivity index (χ1) is 12.9. The largest absolute Gasteiger partial charge is 0.465 e. The molecule has 4 rings (SSSR count). The number of halogens is 3. The maximum absolute atomic E-state index is 13.4. The van der Waals surface area contributed by atoms with E-state index in [0.29, 0.717) is 12.2 Å². The van der Waals surface area contributed by atoms with Gasteiger partial charge in [-0.05, 0) is 53.6 Å². The Morgan fingerprint density at radius 2 is 2.04 bits per heavy atom. The lowest BCUT2D eigenvalue weighted by Crippen LogP contribution is -2.51. The van der Waals surface area contributed by atoms with E-state index in [1.807, 2.05) is 22.6 Å². The molecule has 0 aromatic heterocycles. The van der Waals surface area contributed by atoms with Gasteiger partial charge in [-0.1, -0.05) is 0 Å². The third-order valence-corrected chi connectivity index (χ3v) is 6.81. The summed E-state index contributed by atoms with van der Waals surface area (Å²) in [6, 6.07) is 5.04. The number of esters is 2. The predicted octanol–water partition coefficient (Wildman–Crippen LogP) is 2.36. The van der Waals surface area contributed by atoms with Gasteiger partial charge < -0.3 is 14.2 Å². The van der Waals surface area contributed by atoms with E-state index in [1.54, 1.807) is 18.2 Å². The van der Waals surface area contributed by atoms with E-state index in [9.17, 15) is 26.8 Å². The van der Waals surface area contributed by atoms with Crippen molar-refractivity contribution in [3.63, 3.8) is 0 Å². The van der Waals surface area contributed by atoms with Gasteiger partial charge in [0, 0.05) is 21.8 Å². The first-order valence-electron chi connectivity index (χ1n) is 8.21. The van der Waals surface area contributed by atoms with Crippen LogP contribution in [0.5, 0.6) is 5.75 Å². The molecule has 12 heteroatoms. The summed E-state index contributed by atoms with van der Waals surface area (Å²) in [6.45, 7) is 0. The van der Waals surface area contributed by atoms with Crippen LogP contribution in [0.15, 0.2) is 18.2 Å². The summed E-state index contributed by atoms with van der Waals surface area (Å²) < 4.78 is 73.6. The molecule has 3 aliphatic rings. The fraction of sp³-hybridized carbons (Fsp3) is 0.500. The lowest BCUT2D eigenvalue weighted by molar-refractivity contribution is -0.202. The Morgan fingerprint density at radius 1 is 1.32 bits per heavy atom. The Morgan fingerprint density at radius 3 is 2.64 bits per heavy atom. The first-order valence-corrected chi connectivity index (χ1v) is 10.7. The number of carbonyl (C=O) groups excluding carboxylic acids is 2. The highest BCUT2D eigenvalue weighted by molar-refractivity contribution is 14.1. The third kappa shape index (κ3) is 2.96. The molecule has 1 aliphatic heterocycles. The van der Waals surface area contributed by atoms with Crippen molar-refractivity contribution in [2.24, 2.45) is 11.8 Å². The minimum Gasteiger partial charge on any atom is -0.457 e. The topological polar surface area (TPSA) is 116 Å². The van der Waals surface area contributed by atoms with Gasteiger partial charge in [-0.2, -0.15) is 17.2 Å². The van der Waals surface area contributed by atoms with Crippen LogP contribution >= 0.6 is 22.6 Å². The van der Waals surface area contributed by atoms with Crippen LogP contribution in [0.4, 0.5) is 8.78 Å². The van der Waals surface area contributed by atoms with Crippen LogP contribution in [0.1, 0.15) is 29.6 Å². The second-order valence-electron chi connectivity index (χ2n) is 7.01. The Kier molecular flexibility index (Phi) is 4.39. The Bertz CT molecular complexity index is 981. The van der Waals surface area contributed by atoms with Crippen LogP contribution in [-0.2, 0) is 24.4 Å². The Balaban J connectivity index is 1.50. The summed E-state index contributed by atoms with van der Waals surface area (Å²) in [7, 11) is -5.93. The highest BCUT2D eigenvalue weighted by atomic mass is 127. The van der Waals surface area contributed by atoms with Crippen molar-refractivity contribution in [3.05, 3.63) is 27.3 Å². The lowest BCUT2D eigenvalue weighted by Gasteiger charge is -2.41. The van der Waals surface area contributed by atoms with Gasteiger partial charge in [0.2, 0.25) is 0 Å². The number of alkyl halides is 2. The molecule has 2 aliphatic carbocycles. The van der Waals surface area contributed by atoms with Gasteiger partial charge in [0.1, 0.15) is 17.4 Å². The SMILES string of the molecule is O=C1OC2(CC3CC2CC3OC(=O)C(F)(F)S(=O)(=O)O)Oc2ccc(I)cc21. The van der Waals surface area contributed by atoms with Crippen molar-refractivity contribution in [3.8, 4) is 5.75 Å². The molecule has 2 saturated carbocycles. The fourth-order valence-corrected chi connectivity index (χ4v) is 4.82. The predicted molar refractivity (Wildman–Crippen MR) is 95.1 cm³/mol. The number of fused-ring (bicyclic) bond motifs is 4. The first kappa shape index (κ1) is 19.8. The number of hydrogen-bond acceptors (Lipinski definition) is 7. The molecular weight excluding hydrogens is 517 g/mol.